The zero-order chi connectivity index (χ0) is 52.9. The van der Waals surface area contributed by atoms with Gasteiger partial charge in [-0.15, -0.1) is 0 Å². The summed E-state index contributed by atoms with van der Waals surface area (Å²) < 4.78 is 30.2. The van der Waals surface area contributed by atoms with Gasteiger partial charge < -0.3 is 28.5 Å². The van der Waals surface area contributed by atoms with Crippen molar-refractivity contribution in [3.8, 4) is 0 Å². The van der Waals surface area contributed by atoms with Crippen LogP contribution in [0.4, 0.5) is 0 Å². The lowest BCUT2D eigenvalue weighted by Gasteiger charge is -2.30. The van der Waals surface area contributed by atoms with Crippen LogP contribution in [0.5, 0.6) is 0 Å². The number of hydrogen-bond acceptors (Lipinski definition) is 7. The second-order valence-corrected chi connectivity index (χ2v) is 21.8. The third-order valence-corrected chi connectivity index (χ3v) is 13.2. The van der Waals surface area contributed by atoms with Crippen LogP contribution in [0.1, 0.15) is 233 Å². The van der Waals surface area contributed by atoms with Gasteiger partial charge in [0, 0.05) is 12.8 Å². The van der Waals surface area contributed by atoms with E-state index in [1.54, 1.807) is 0 Å². The van der Waals surface area contributed by atoms with E-state index in [-0.39, 0.29) is 31.3 Å². The Morgan fingerprint density at radius 3 is 1.39 bits per heavy atom. The monoisotopic (exact) mass is 1020 g/mol. The Morgan fingerprint density at radius 2 is 0.903 bits per heavy atom. The van der Waals surface area contributed by atoms with E-state index in [2.05, 4.69) is 111 Å². The van der Waals surface area contributed by atoms with Crippen molar-refractivity contribution in [1.29, 1.82) is 0 Å². The summed E-state index contributed by atoms with van der Waals surface area (Å²) >= 11 is 0. The molecule has 10 heteroatoms. The van der Waals surface area contributed by atoms with Crippen LogP contribution >= 0.6 is 7.82 Å². The largest absolute Gasteiger partial charge is 0.756 e. The lowest BCUT2D eigenvalue weighted by molar-refractivity contribution is -0.870. The molecule has 1 N–H and O–H groups in total. The molecule has 9 nitrogen and oxygen atoms in total. The van der Waals surface area contributed by atoms with Crippen LogP contribution in [0.15, 0.2) is 97.2 Å². The highest BCUT2D eigenvalue weighted by atomic mass is 31.2. The molecule has 0 aliphatic rings. The second kappa shape index (κ2) is 51.4. The number of likely N-dealkylation sites (N-methyl/N-ethyl adjacent to an activating group) is 1. The maximum absolute atomic E-state index is 13.5. The van der Waals surface area contributed by atoms with Gasteiger partial charge in [0.1, 0.15) is 19.3 Å². The van der Waals surface area contributed by atoms with Crippen molar-refractivity contribution in [2.75, 3.05) is 40.9 Å². The standard InChI is InChI=1S/C62H109N2O7P/c1-7-10-13-16-19-22-25-28-30-32-34-36-39-42-45-48-51-54-61(65)63-59(58-70-72(67,68)69-57-56-64(4,5)6)60(53-50-47-44-41-38-27-24-21-18-15-12-9-3)71-62(66)55-52-49-46-43-40-37-35-33-31-29-26-23-20-17-14-11-8-2/h10,13,19-20,22-23,28-31,34,36,42,45,50,53,59-60H,7-9,11-12,14-18,21,24-27,32-33,35,37-41,43-44,46-49,51-52,54-58H2,1-6H3,(H-,63,65,67,68)/b13-10-,22-19-,23-20-,30-28-,31-29-,36-34-,45-42-,53-50+. The molecule has 0 aliphatic carbocycles. The maximum Gasteiger partial charge on any atom is 0.306 e. The molecular formula is C62H109N2O7P. The van der Waals surface area contributed by atoms with E-state index in [0.717, 1.165) is 89.9 Å². The summed E-state index contributed by atoms with van der Waals surface area (Å²) in [6.07, 6.45) is 68.1. The van der Waals surface area contributed by atoms with Gasteiger partial charge in [-0.1, -0.05) is 215 Å². The zero-order valence-electron chi connectivity index (χ0n) is 47.1. The minimum atomic E-state index is -4.72. The summed E-state index contributed by atoms with van der Waals surface area (Å²) in [4.78, 5) is 39.9. The van der Waals surface area contributed by atoms with Gasteiger partial charge in [0.2, 0.25) is 5.91 Å². The van der Waals surface area contributed by atoms with Gasteiger partial charge in [-0.2, -0.15) is 0 Å². The Labute approximate surface area is 443 Å². The molecule has 0 aromatic carbocycles. The molecule has 0 saturated carbocycles. The molecule has 0 aromatic rings. The molecule has 0 spiro atoms. The highest BCUT2D eigenvalue weighted by molar-refractivity contribution is 7.45. The van der Waals surface area contributed by atoms with E-state index in [1.807, 2.05) is 33.3 Å². The molecule has 414 valence electrons. The molecule has 0 bridgehead atoms. The molecule has 0 aliphatic heterocycles. The lowest BCUT2D eigenvalue weighted by Crippen LogP contribution is -2.47. The van der Waals surface area contributed by atoms with E-state index in [1.165, 1.54) is 96.3 Å². The van der Waals surface area contributed by atoms with Gasteiger partial charge in [-0.3, -0.25) is 14.2 Å². The molecule has 3 atom stereocenters. The number of phosphoric ester groups is 1. The van der Waals surface area contributed by atoms with Gasteiger partial charge in [0.25, 0.3) is 7.82 Å². The van der Waals surface area contributed by atoms with Crippen LogP contribution in [-0.4, -0.2) is 69.4 Å². The number of unbranched alkanes of at least 4 members (excludes halogenated alkanes) is 21. The highest BCUT2D eigenvalue weighted by Crippen LogP contribution is 2.38. The molecular weight excluding hydrogens is 916 g/mol. The fourth-order valence-corrected chi connectivity index (χ4v) is 8.49. The molecule has 0 heterocycles. The second-order valence-electron chi connectivity index (χ2n) is 20.4. The first-order valence-electron chi connectivity index (χ1n) is 29.0. The quantitative estimate of drug-likeness (QED) is 0.0212. The number of carbonyl (C=O) groups excluding carboxylic acids is 2. The number of quaternary nitrogens is 1. The molecule has 1 amide bonds. The zero-order valence-corrected chi connectivity index (χ0v) is 48.0. The van der Waals surface area contributed by atoms with E-state index in [9.17, 15) is 19.0 Å². The summed E-state index contributed by atoms with van der Waals surface area (Å²) in [7, 11) is 1.13. The minimum absolute atomic E-state index is 0.0387. The molecule has 0 radical (unpaired) electrons. The lowest BCUT2D eigenvalue weighted by atomic mass is 10.1. The predicted octanol–water partition coefficient (Wildman–Crippen LogP) is 17.0. The molecule has 0 rings (SSSR count). The third kappa shape index (κ3) is 51.8. The number of allylic oxidation sites excluding steroid dienone is 15. The molecule has 3 unspecified atom stereocenters. The van der Waals surface area contributed by atoms with Crippen molar-refractivity contribution >= 4 is 19.7 Å². The maximum atomic E-state index is 13.5. The molecule has 0 saturated heterocycles. The number of phosphoric acid groups is 1. The number of hydrogen-bond donors (Lipinski definition) is 1. The van der Waals surface area contributed by atoms with Gasteiger partial charge in [0.05, 0.1) is 33.8 Å². The average Bonchev–Trinajstić information content (AvgIpc) is 3.34. The van der Waals surface area contributed by atoms with Crippen LogP contribution in [0, 0.1) is 0 Å². The molecule has 0 fully saturated rings. The normalized spacial score (nSPS) is 14.5. The van der Waals surface area contributed by atoms with Gasteiger partial charge in [0.15, 0.2) is 0 Å². The van der Waals surface area contributed by atoms with Crippen molar-refractivity contribution in [3.63, 3.8) is 0 Å². The summed E-state index contributed by atoms with van der Waals surface area (Å²) in [5, 5.41) is 2.98. The number of ether oxygens (including phenoxy) is 1. The average molecular weight is 1030 g/mol. The molecule has 72 heavy (non-hydrogen) atoms. The minimum Gasteiger partial charge on any atom is -0.756 e. The van der Waals surface area contributed by atoms with Crippen molar-refractivity contribution in [3.05, 3.63) is 97.2 Å². The Bertz CT molecular complexity index is 1560. The fraction of sp³-hybridized carbons (Fsp3) is 0.710. The molecule has 0 aromatic heterocycles. The van der Waals surface area contributed by atoms with E-state index in [4.69, 9.17) is 13.8 Å². The summed E-state index contributed by atoms with van der Waals surface area (Å²) in [5.74, 6) is -0.624. The summed E-state index contributed by atoms with van der Waals surface area (Å²) in [5.41, 5.74) is 0. The summed E-state index contributed by atoms with van der Waals surface area (Å²) in [6.45, 7) is 6.64. The number of nitrogens with one attached hydrogen (secondary N) is 1. The Morgan fingerprint density at radius 1 is 0.500 bits per heavy atom. The number of nitrogens with zero attached hydrogens (tertiary/aromatic N) is 1. The Hall–Kier alpha value is -3.07. The van der Waals surface area contributed by atoms with Crippen LogP contribution < -0.4 is 10.2 Å². The smallest absolute Gasteiger partial charge is 0.306 e. The van der Waals surface area contributed by atoms with Crippen molar-refractivity contribution in [2.45, 2.75) is 245 Å². The SMILES string of the molecule is CC/C=C\C/C=C\C/C=C\C/C=C\C/C=C\CCCC(=O)NC(COP(=O)([O-])OCC[N+](C)(C)C)C(/C=C/CCCCCCCCCCCC)OC(=O)CCCCCCCCC/C=C\C/C=C\CCCCC. The van der Waals surface area contributed by atoms with Crippen molar-refractivity contribution in [1.82, 2.24) is 5.32 Å². The van der Waals surface area contributed by atoms with Gasteiger partial charge in [-0.05, 0) is 102 Å². The van der Waals surface area contributed by atoms with Gasteiger partial charge >= 0.3 is 5.97 Å². The fourth-order valence-electron chi connectivity index (χ4n) is 7.76. The Balaban J connectivity index is 5.45. The number of carbonyl (C=O) groups is 2. The first kappa shape index (κ1) is 68.9. The van der Waals surface area contributed by atoms with Crippen molar-refractivity contribution < 1.29 is 37.3 Å². The topological polar surface area (TPSA) is 114 Å². The van der Waals surface area contributed by atoms with E-state index < -0.39 is 26.6 Å². The predicted molar refractivity (Wildman–Crippen MR) is 307 cm³/mol. The van der Waals surface area contributed by atoms with Crippen LogP contribution in [-0.2, 0) is 27.9 Å². The summed E-state index contributed by atoms with van der Waals surface area (Å²) in [6, 6.07) is -0.926. The van der Waals surface area contributed by atoms with E-state index >= 15 is 0 Å². The number of amides is 1. The van der Waals surface area contributed by atoms with Crippen LogP contribution in [0.25, 0.3) is 0 Å². The number of esters is 1. The Kier molecular flexibility index (Phi) is 49.2. The van der Waals surface area contributed by atoms with Crippen molar-refractivity contribution in [2.24, 2.45) is 0 Å². The first-order chi connectivity index (χ1) is 34.9. The van der Waals surface area contributed by atoms with Crippen LogP contribution in [0.2, 0.25) is 0 Å². The number of rotatable bonds is 51. The van der Waals surface area contributed by atoms with Crippen LogP contribution in [0.3, 0.4) is 0 Å². The van der Waals surface area contributed by atoms with E-state index in [0.29, 0.717) is 23.9 Å². The first-order valence-corrected chi connectivity index (χ1v) is 30.5. The third-order valence-electron chi connectivity index (χ3n) is 12.2. The highest BCUT2D eigenvalue weighted by Gasteiger charge is 2.27. The van der Waals surface area contributed by atoms with Gasteiger partial charge in [-0.25, -0.2) is 0 Å².